The van der Waals surface area contributed by atoms with E-state index in [1.807, 2.05) is 24.0 Å². The summed E-state index contributed by atoms with van der Waals surface area (Å²) in [5, 5.41) is 5.95. The first-order valence-electron chi connectivity index (χ1n) is 11.0. The lowest BCUT2D eigenvalue weighted by atomic mass is 9.97. The molecular weight excluding hydrogens is 454 g/mol. The number of amides is 1. The van der Waals surface area contributed by atoms with Gasteiger partial charge in [0, 0.05) is 42.7 Å². The quantitative estimate of drug-likeness (QED) is 0.461. The average Bonchev–Trinajstić information content (AvgIpc) is 3.44. The third-order valence-corrected chi connectivity index (χ3v) is 6.70. The van der Waals surface area contributed by atoms with E-state index in [2.05, 4.69) is 49.8 Å². The predicted octanol–water partition coefficient (Wildman–Crippen LogP) is 2.89. The number of benzene rings is 1. The average molecular weight is 480 g/mol. The number of nitrogen functional groups attached to an aromatic ring is 1. The van der Waals surface area contributed by atoms with Crippen LogP contribution in [0.15, 0.2) is 36.9 Å². The van der Waals surface area contributed by atoms with E-state index in [0.29, 0.717) is 41.5 Å². The van der Waals surface area contributed by atoms with Crippen molar-refractivity contribution in [3.8, 4) is 11.5 Å². The first-order chi connectivity index (χ1) is 16.2. The number of carbonyl (C=O) groups is 1. The minimum Gasteiger partial charge on any atom is -0.383 e. The summed E-state index contributed by atoms with van der Waals surface area (Å²) >= 11 is 6.20. The number of halogens is 1. The van der Waals surface area contributed by atoms with Crippen LogP contribution in [0.3, 0.4) is 0 Å². The highest BCUT2D eigenvalue weighted by Gasteiger charge is 2.37. The van der Waals surface area contributed by atoms with Gasteiger partial charge in [0.25, 0.3) is 0 Å². The maximum atomic E-state index is 13.5. The number of aromatic amines is 1. The van der Waals surface area contributed by atoms with Crippen molar-refractivity contribution in [2.24, 2.45) is 0 Å². The maximum Gasteiger partial charge on any atom is 0.244 e. The molecule has 1 aromatic carbocycles. The number of piperazine rings is 1. The number of hydrogen-bond donors (Lipinski definition) is 2. The molecule has 11 heteroatoms. The van der Waals surface area contributed by atoms with E-state index in [4.69, 9.17) is 17.3 Å². The highest BCUT2D eigenvalue weighted by Crippen LogP contribution is 2.30. The van der Waals surface area contributed by atoms with Crippen LogP contribution in [0.5, 0.6) is 0 Å². The predicted molar refractivity (Wildman–Crippen MR) is 132 cm³/mol. The molecule has 5 rings (SSSR count). The third kappa shape index (κ3) is 3.83. The SMILES string of the molecule is Cc1cc(N2CCN(C(=O)Cn3nc(-c4ncc[nH]4)c4c(N)ncnc43)C(C)(C)C2)ccc1Cl. The second-order valence-corrected chi connectivity index (χ2v) is 9.52. The van der Waals surface area contributed by atoms with Gasteiger partial charge in [-0.3, -0.25) is 4.79 Å². The Morgan fingerprint density at radius 1 is 1.24 bits per heavy atom. The number of nitrogens with one attached hydrogen (secondary N) is 1. The first kappa shape index (κ1) is 22.1. The van der Waals surface area contributed by atoms with Crippen LogP contribution in [0.1, 0.15) is 19.4 Å². The standard InChI is InChI=1S/C23H26ClN9O/c1-14-10-15(4-5-16(14)24)31-8-9-32(23(2,3)12-31)17(34)11-33-22-18(20(25)28-13-29-22)19(30-33)21-26-6-7-27-21/h4-7,10,13H,8-9,11-12H2,1-3H3,(H,26,27)(H2,25,28,29). The highest BCUT2D eigenvalue weighted by atomic mass is 35.5. The van der Waals surface area contributed by atoms with Gasteiger partial charge >= 0.3 is 0 Å². The van der Waals surface area contributed by atoms with Crippen molar-refractivity contribution in [2.75, 3.05) is 30.3 Å². The molecular formula is C23H26ClN9O. The number of fused-ring (bicyclic) bond motifs is 1. The maximum absolute atomic E-state index is 13.5. The number of anilines is 2. The monoisotopic (exact) mass is 479 g/mol. The largest absolute Gasteiger partial charge is 0.383 e. The molecule has 0 atom stereocenters. The van der Waals surface area contributed by atoms with Crippen molar-refractivity contribution in [1.82, 2.24) is 34.6 Å². The number of imidazole rings is 1. The van der Waals surface area contributed by atoms with Crippen LogP contribution >= 0.6 is 11.6 Å². The Labute approximate surface area is 201 Å². The van der Waals surface area contributed by atoms with Crippen molar-refractivity contribution in [2.45, 2.75) is 32.9 Å². The van der Waals surface area contributed by atoms with Crippen molar-refractivity contribution in [1.29, 1.82) is 0 Å². The van der Waals surface area contributed by atoms with Gasteiger partial charge < -0.3 is 20.5 Å². The number of hydrogen-bond acceptors (Lipinski definition) is 7. The van der Waals surface area contributed by atoms with Crippen LogP contribution in [0.25, 0.3) is 22.6 Å². The molecule has 0 aliphatic carbocycles. The van der Waals surface area contributed by atoms with Gasteiger partial charge in [0.2, 0.25) is 5.91 Å². The summed E-state index contributed by atoms with van der Waals surface area (Å²) in [6, 6.07) is 6.04. The fourth-order valence-corrected chi connectivity index (χ4v) is 4.70. The number of nitrogens with zero attached hydrogens (tertiary/aromatic N) is 7. The Hall–Kier alpha value is -3.66. The van der Waals surface area contributed by atoms with Gasteiger partial charge in [0.1, 0.15) is 24.4 Å². The molecule has 176 valence electrons. The summed E-state index contributed by atoms with van der Waals surface area (Å²) in [5.74, 6) is 0.803. The van der Waals surface area contributed by atoms with Gasteiger partial charge in [-0.2, -0.15) is 5.10 Å². The van der Waals surface area contributed by atoms with E-state index in [1.54, 1.807) is 17.1 Å². The number of carbonyl (C=O) groups excluding carboxylic acids is 1. The Kier molecular flexibility index (Phi) is 5.40. The molecule has 1 saturated heterocycles. The van der Waals surface area contributed by atoms with Crippen molar-refractivity contribution < 1.29 is 4.79 Å². The Morgan fingerprint density at radius 3 is 2.76 bits per heavy atom. The smallest absolute Gasteiger partial charge is 0.244 e. The summed E-state index contributed by atoms with van der Waals surface area (Å²) in [7, 11) is 0. The van der Waals surface area contributed by atoms with Crippen LogP contribution < -0.4 is 10.6 Å². The second-order valence-electron chi connectivity index (χ2n) is 9.11. The van der Waals surface area contributed by atoms with Crippen LogP contribution in [-0.2, 0) is 11.3 Å². The number of rotatable bonds is 4. The highest BCUT2D eigenvalue weighted by molar-refractivity contribution is 6.31. The number of H-pyrrole nitrogens is 1. The van der Waals surface area contributed by atoms with Crippen LogP contribution in [-0.4, -0.2) is 65.7 Å². The lowest BCUT2D eigenvalue weighted by Crippen LogP contribution is -2.61. The molecule has 4 aromatic rings. The summed E-state index contributed by atoms with van der Waals surface area (Å²) in [6.07, 6.45) is 4.72. The van der Waals surface area contributed by atoms with Gasteiger partial charge in [0.05, 0.1) is 10.9 Å². The van der Waals surface area contributed by atoms with E-state index < -0.39 is 0 Å². The zero-order valence-corrected chi connectivity index (χ0v) is 20.0. The number of aromatic nitrogens is 6. The summed E-state index contributed by atoms with van der Waals surface area (Å²) in [5.41, 5.74) is 8.91. The van der Waals surface area contributed by atoms with E-state index in [0.717, 1.165) is 22.8 Å². The molecule has 1 aliphatic heterocycles. The van der Waals surface area contributed by atoms with Crippen molar-refractivity contribution in [3.63, 3.8) is 0 Å². The minimum atomic E-state index is -0.385. The van der Waals surface area contributed by atoms with E-state index in [1.165, 1.54) is 6.33 Å². The first-order valence-corrected chi connectivity index (χ1v) is 11.4. The van der Waals surface area contributed by atoms with E-state index in [-0.39, 0.29) is 18.0 Å². The Bertz CT molecular complexity index is 1360. The normalized spacial score (nSPS) is 15.8. The lowest BCUT2D eigenvalue weighted by molar-refractivity contribution is -0.137. The molecule has 3 aromatic heterocycles. The van der Waals surface area contributed by atoms with Gasteiger partial charge in [-0.05, 0) is 44.5 Å². The topological polar surface area (TPSA) is 122 Å². The van der Waals surface area contributed by atoms with Gasteiger partial charge in [-0.15, -0.1) is 0 Å². The second kappa shape index (κ2) is 8.28. The molecule has 10 nitrogen and oxygen atoms in total. The summed E-state index contributed by atoms with van der Waals surface area (Å²) in [4.78, 5) is 33.4. The molecule has 4 heterocycles. The fourth-order valence-electron chi connectivity index (χ4n) is 4.58. The molecule has 0 bridgehead atoms. The van der Waals surface area contributed by atoms with Gasteiger partial charge in [-0.25, -0.2) is 19.6 Å². The van der Waals surface area contributed by atoms with Crippen molar-refractivity contribution in [3.05, 3.63) is 47.5 Å². The summed E-state index contributed by atoms with van der Waals surface area (Å²) < 4.78 is 1.58. The number of aryl methyl sites for hydroxylation is 1. The van der Waals surface area contributed by atoms with Gasteiger partial charge in [-0.1, -0.05) is 11.6 Å². The van der Waals surface area contributed by atoms with Gasteiger partial charge in [0.15, 0.2) is 11.5 Å². The zero-order chi connectivity index (χ0) is 24.0. The van der Waals surface area contributed by atoms with Crippen molar-refractivity contribution >= 4 is 40.0 Å². The fraction of sp³-hybridized carbons (Fsp3) is 0.348. The zero-order valence-electron chi connectivity index (χ0n) is 19.3. The molecule has 1 amide bonds. The molecule has 0 unspecified atom stereocenters. The molecule has 1 fully saturated rings. The molecule has 0 radical (unpaired) electrons. The Morgan fingerprint density at radius 2 is 2.06 bits per heavy atom. The van der Waals surface area contributed by atoms with Crippen LogP contribution in [0.2, 0.25) is 5.02 Å². The number of nitrogens with two attached hydrogens (primary N) is 1. The van der Waals surface area contributed by atoms with Crippen LogP contribution in [0.4, 0.5) is 11.5 Å². The lowest BCUT2D eigenvalue weighted by Gasteiger charge is -2.48. The van der Waals surface area contributed by atoms with E-state index >= 15 is 0 Å². The van der Waals surface area contributed by atoms with Crippen LogP contribution in [0, 0.1) is 6.92 Å². The summed E-state index contributed by atoms with van der Waals surface area (Å²) in [6.45, 7) is 8.21. The third-order valence-electron chi connectivity index (χ3n) is 6.28. The minimum absolute atomic E-state index is 0.0375. The van der Waals surface area contributed by atoms with E-state index in [9.17, 15) is 4.79 Å². The molecule has 34 heavy (non-hydrogen) atoms. The Balaban J connectivity index is 1.40. The molecule has 0 spiro atoms. The molecule has 1 aliphatic rings. The molecule has 3 N–H and O–H groups in total. The molecule has 0 saturated carbocycles.